The molecule has 1 heterocycles. The Hall–Kier alpha value is -1.31. The van der Waals surface area contributed by atoms with Gasteiger partial charge < -0.3 is 38.8 Å². The smallest absolute Gasteiger partial charge is 0.872 e. The SMILES string of the molecule is O=C([O-])c1cc([O-])cc(C(=O)[O-])n1.[CH2-]CCC.[CH2-]CCC.[Sn+4]. The number of aromatic carboxylic acids is 2. The van der Waals surface area contributed by atoms with Crippen molar-refractivity contribution in [1.82, 2.24) is 4.98 Å². The number of nitrogens with zero attached hydrogens (tertiary/aromatic N) is 1. The number of rotatable bonds is 4. The molecule has 0 amide bonds. The Balaban J connectivity index is -0.000000338. The molecular weight excluding hydrogens is 393 g/mol. The van der Waals surface area contributed by atoms with Gasteiger partial charge in [-0.3, -0.25) is 0 Å². The molecule has 0 aliphatic carbocycles. The van der Waals surface area contributed by atoms with Gasteiger partial charge in [0.05, 0.1) is 23.3 Å². The van der Waals surface area contributed by atoms with Crippen molar-refractivity contribution in [2.24, 2.45) is 0 Å². The third-order valence-corrected chi connectivity index (χ3v) is 1.92. The van der Waals surface area contributed by atoms with Crippen LogP contribution in [-0.2, 0) is 0 Å². The molecule has 6 nitrogen and oxygen atoms in total. The predicted octanol–water partition coefficient (Wildman–Crippen LogP) is -0.257. The minimum Gasteiger partial charge on any atom is -0.872 e. The quantitative estimate of drug-likeness (QED) is 0.497. The maximum absolute atomic E-state index is 10.7. The largest absolute Gasteiger partial charge is 4.00 e. The molecule has 0 aromatic carbocycles. The molecule has 0 atom stereocenters. The van der Waals surface area contributed by atoms with E-state index < -0.39 is 29.1 Å². The van der Waals surface area contributed by atoms with E-state index in [1.807, 2.05) is 0 Å². The van der Waals surface area contributed by atoms with Gasteiger partial charge in [0.2, 0.25) is 0 Å². The van der Waals surface area contributed by atoms with Gasteiger partial charge in [-0.2, -0.15) is 12.8 Å². The van der Waals surface area contributed by atoms with Crippen molar-refractivity contribution in [3.05, 3.63) is 37.4 Å². The number of pyridine rings is 1. The predicted molar refractivity (Wildman–Crippen MR) is 78.6 cm³/mol. The Morgan fingerprint density at radius 1 is 1.00 bits per heavy atom. The van der Waals surface area contributed by atoms with E-state index in [1.165, 1.54) is 12.8 Å². The molecule has 1 aromatic rings. The van der Waals surface area contributed by atoms with Gasteiger partial charge in [-0.25, -0.2) is 4.98 Å². The van der Waals surface area contributed by atoms with Crippen LogP contribution >= 0.6 is 0 Å². The number of hydrogen-bond donors (Lipinski definition) is 0. The molecule has 0 spiro atoms. The van der Waals surface area contributed by atoms with Gasteiger partial charge in [0.15, 0.2) is 0 Å². The summed E-state index contributed by atoms with van der Waals surface area (Å²) in [7, 11) is 0. The van der Waals surface area contributed by atoms with Gasteiger partial charge in [-0.15, -0.1) is 5.75 Å². The fourth-order valence-electron chi connectivity index (χ4n) is 0.715. The van der Waals surface area contributed by atoms with Crippen LogP contribution in [0.1, 0.15) is 60.5 Å². The second kappa shape index (κ2) is 16.1. The fraction of sp³-hybridized carbons (Fsp3) is 0.400. The minimum absolute atomic E-state index is 0. The van der Waals surface area contributed by atoms with Crippen molar-refractivity contribution < 1.29 is 24.9 Å². The summed E-state index contributed by atoms with van der Waals surface area (Å²) in [5.41, 5.74) is -1.43. The molecule has 120 valence electrons. The van der Waals surface area contributed by atoms with E-state index in [-0.39, 0.29) is 23.9 Å². The molecule has 0 bridgehead atoms. The number of aromatic nitrogens is 1. The van der Waals surface area contributed by atoms with Crippen LogP contribution in [0.4, 0.5) is 0 Å². The first kappa shape index (κ1) is 25.6. The normalized spacial score (nSPS) is 8.36. The van der Waals surface area contributed by atoms with E-state index in [2.05, 4.69) is 32.7 Å². The summed E-state index contributed by atoms with van der Waals surface area (Å²) in [6.45, 7) is 11.4. The fourth-order valence-corrected chi connectivity index (χ4v) is 0.715. The zero-order valence-corrected chi connectivity index (χ0v) is 15.7. The van der Waals surface area contributed by atoms with E-state index in [0.717, 1.165) is 12.8 Å². The molecule has 1 rings (SSSR count). The first-order valence-electron chi connectivity index (χ1n) is 6.54. The number of carbonyl (C=O) groups is 2. The Kier molecular flexibility index (Phi) is 18.7. The van der Waals surface area contributed by atoms with Crippen LogP contribution in [0.5, 0.6) is 5.75 Å². The van der Waals surface area contributed by atoms with Gasteiger partial charge in [0.1, 0.15) is 0 Å². The van der Waals surface area contributed by atoms with Crippen LogP contribution < -0.4 is 15.3 Å². The Labute approximate surface area is 148 Å². The van der Waals surface area contributed by atoms with Crippen LogP contribution in [0, 0.1) is 13.8 Å². The molecule has 0 radical (unpaired) electrons. The molecule has 22 heavy (non-hydrogen) atoms. The molecule has 0 aliphatic rings. The maximum Gasteiger partial charge on any atom is 4.00 e. The maximum atomic E-state index is 10.7. The van der Waals surface area contributed by atoms with Crippen molar-refractivity contribution in [3.63, 3.8) is 0 Å². The molecule has 0 aliphatic heterocycles. The van der Waals surface area contributed by atoms with Crippen molar-refractivity contribution >= 4 is 35.8 Å². The standard InChI is InChI=1S/C7H5NO5.2C4H9.Sn/c9-3-1-4(6(10)11)8-5(2-3)7(12)13;2*1-3-4-2;/h1-2H,(H,8,9)(H,10,11)(H,12,13);2*1,3-4H2,2H3;/q;2*-1;+4/p-3. The second-order valence-corrected chi connectivity index (χ2v) is 3.86. The van der Waals surface area contributed by atoms with E-state index >= 15 is 0 Å². The molecule has 0 unspecified atom stereocenters. The zero-order chi connectivity index (χ0) is 16.8. The van der Waals surface area contributed by atoms with Crippen LogP contribution in [-0.4, -0.2) is 40.8 Å². The van der Waals surface area contributed by atoms with Gasteiger partial charge in [0.25, 0.3) is 0 Å². The van der Waals surface area contributed by atoms with Crippen molar-refractivity contribution in [2.75, 3.05) is 0 Å². The van der Waals surface area contributed by atoms with E-state index in [4.69, 9.17) is 0 Å². The Morgan fingerprint density at radius 2 is 1.27 bits per heavy atom. The molecule has 0 saturated heterocycles. The first-order valence-corrected chi connectivity index (χ1v) is 6.54. The summed E-state index contributed by atoms with van der Waals surface area (Å²) >= 11 is 0. The number of unbranched alkanes of at least 4 members (excludes halogenated alkanes) is 2. The molecule has 0 fully saturated rings. The Morgan fingerprint density at radius 3 is 1.45 bits per heavy atom. The molecule has 0 saturated carbocycles. The second-order valence-electron chi connectivity index (χ2n) is 3.86. The molecule has 0 N–H and O–H groups in total. The third-order valence-electron chi connectivity index (χ3n) is 1.92. The summed E-state index contributed by atoms with van der Waals surface area (Å²) in [6.07, 6.45) is 4.56. The van der Waals surface area contributed by atoms with Crippen LogP contribution in [0.25, 0.3) is 0 Å². The van der Waals surface area contributed by atoms with Crippen molar-refractivity contribution in [3.8, 4) is 5.75 Å². The summed E-state index contributed by atoms with van der Waals surface area (Å²) in [4.78, 5) is 23.5. The average molecular weight is 413 g/mol. The van der Waals surface area contributed by atoms with Crippen molar-refractivity contribution in [2.45, 2.75) is 39.5 Å². The monoisotopic (exact) mass is 414 g/mol. The van der Waals surface area contributed by atoms with E-state index in [0.29, 0.717) is 12.1 Å². The third kappa shape index (κ3) is 13.7. The average Bonchev–Trinajstić information content (AvgIpc) is 2.47. The summed E-state index contributed by atoms with van der Waals surface area (Å²) in [6, 6.07) is 1.34. The molecule has 1 aromatic heterocycles. The van der Waals surface area contributed by atoms with Crippen LogP contribution in [0.3, 0.4) is 0 Å². The number of carboxylic acids is 2. The first-order chi connectivity index (χ1) is 9.83. The number of hydrogen-bond acceptors (Lipinski definition) is 6. The zero-order valence-electron chi connectivity index (χ0n) is 12.9. The van der Waals surface area contributed by atoms with Gasteiger partial charge >= 0.3 is 23.9 Å². The minimum atomic E-state index is -1.71. The number of carboxylic acid groups (broad SMARTS) is 2. The van der Waals surface area contributed by atoms with Gasteiger partial charge in [-0.1, -0.05) is 26.7 Å². The Bertz CT molecular complexity index is 398. The molecule has 7 heteroatoms. The van der Waals surface area contributed by atoms with E-state index in [9.17, 15) is 24.9 Å². The van der Waals surface area contributed by atoms with E-state index in [1.54, 1.807) is 0 Å². The topological polar surface area (TPSA) is 116 Å². The van der Waals surface area contributed by atoms with Crippen LogP contribution in [0.15, 0.2) is 12.1 Å². The number of carbonyl (C=O) groups excluding carboxylic acids is 2. The summed E-state index contributed by atoms with van der Waals surface area (Å²) in [5.74, 6) is -4.19. The summed E-state index contributed by atoms with van der Waals surface area (Å²) in [5, 5.41) is 31.1. The summed E-state index contributed by atoms with van der Waals surface area (Å²) < 4.78 is 0. The van der Waals surface area contributed by atoms with Crippen LogP contribution in [0.2, 0.25) is 0 Å². The van der Waals surface area contributed by atoms with Gasteiger partial charge in [0, 0.05) is 0 Å². The van der Waals surface area contributed by atoms with Gasteiger partial charge in [-0.05, 0) is 12.1 Å². The molecular formula is C15H20NO5Sn-. The van der Waals surface area contributed by atoms with Crippen molar-refractivity contribution in [1.29, 1.82) is 0 Å².